The zero-order chi connectivity index (χ0) is 44.1. The van der Waals surface area contributed by atoms with Gasteiger partial charge in [0.05, 0.1) is 19.3 Å². The number of hydrogen-bond acceptors (Lipinski definition) is 13. The van der Waals surface area contributed by atoms with Gasteiger partial charge in [-0.2, -0.15) is 0 Å². The van der Waals surface area contributed by atoms with Crippen molar-refractivity contribution in [3.63, 3.8) is 0 Å². The maximum absolute atomic E-state index is 13.3. The first kappa shape index (κ1) is 49.0. The molecule has 0 radical (unpaired) electrons. The second-order valence-electron chi connectivity index (χ2n) is 13.7. The lowest BCUT2D eigenvalue weighted by Gasteiger charge is -2.26. The third-order valence-corrected chi connectivity index (χ3v) is 8.90. The van der Waals surface area contributed by atoms with Crippen molar-refractivity contribution >= 4 is 47.3 Å². The molecule has 59 heavy (non-hydrogen) atoms. The van der Waals surface area contributed by atoms with Crippen LogP contribution in [0.5, 0.6) is 5.75 Å². The van der Waals surface area contributed by atoms with E-state index in [1.165, 1.54) is 19.1 Å². The van der Waals surface area contributed by atoms with Crippen molar-refractivity contribution in [2.45, 2.75) is 94.2 Å². The number of benzene rings is 2. The summed E-state index contributed by atoms with van der Waals surface area (Å²) in [6, 6.07) is 4.33. The molecule has 0 aromatic heterocycles. The van der Waals surface area contributed by atoms with Crippen LogP contribution in [0.3, 0.4) is 0 Å². The number of aliphatic hydroxyl groups excluding tert-OH is 2. The number of nitrogens with one attached hydrogen (secondary N) is 6. The summed E-state index contributed by atoms with van der Waals surface area (Å²) in [5, 5.41) is 53.1. The molecule has 21 heteroatoms. The smallest absolute Gasteiger partial charge is 0.326 e. The molecule has 0 unspecified atom stereocenters. The third-order valence-electron chi connectivity index (χ3n) is 8.90. The molecule has 7 amide bonds. The molecule has 21 nitrogen and oxygen atoms in total. The van der Waals surface area contributed by atoms with Crippen LogP contribution in [0, 0.1) is 0 Å². The monoisotopic (exact) mass is 829 g/mol. The Morgan fingerprint density at radius 3 is 1.64 bits per heavy atom. The van der Waals surface area contributed by atoms with Gasteiger partial charge in [0.25, 0.3) is 0 Å². The van der Waals surface area contributed by atoms with Crippen molar-refractivity contribution in [3.8, 4) is 5.75 Å². The lowest BCUT2D eigenvalue weighted by Crippen LogP contribution is -2.60. The van der Waals surface area contributed by atoms with Gasteiger partial charge in [0.1, 0.15) is 42.0 Å². The van der Waals surface area contributed by atoms with E-state index in [2.05, 4.69) is 31.9 Å². The number of unbranched alkanes of at least 4 members (excludes halogenated alkanes) is 1. The van der Waals surface area contributed by atoms with Crippen molar-refractivity contribution in [2.24, 2.45) is 17.2 Å². The number of carbonyl (C=O) groups is 8. The SMILES string of the molecule is C[C@H](NC(=O)[C@H](CO)NC(=O)[C@H](CCC(N)=O)NC(=O)[C@@H](N)Cc1ccc(O)cc1)C(=O)N[C@@H](CO)C(=O)N[C@@H](Cc1ccccc1)C(=O)N[C@@H](CCCCN)C(=O)O. The summed E-state index contributed by atoms with van der Waals surface area (Å²) < 4.78 is 0. The second kappa shape index (κ2) is 25.3. The molecule has 0 fully saturated rings. The van der Waals surface area contributed by atoms with E-state index in [9.17, 15) is 58.8 Å². The van der Waals surface area contributed by atoms with Gasteiger partial charge in [-0.1, -0.05) is 42.5 Å². The summed E-state index contributed by atoms with van der Waals surface area (Å²) in [5.41, 5.74) is 17.9. The van der Waals surface area contributed by atoms with E-state index in [1.54, 1.807) is 42.5 Å². The Hall–Kier alpha value is -6.16. The zero-order valence-electron chi connectivity index (χ0n) is 32.6. The number of aliphatic carboxylic acids is 1. The van der Waals surface area contributed by atoms with Crippen molar-refractivity contribution in [2.75, 3.05) is 19.8 Å². The van der Waals surface area contributed by atoms with Crippen LogP contribution < -0.4 is 49.1 Å². The van der Waals surface area contributed by atoms with Gasteiger partial charge in [0, 0.05) is 12.8 Å². The van der Waals surface area contributed by atoms with Gasteiger partial charge in [0.15, 0.2) is 0 Å². The summed E-state index contributed by atoms with van der Waals surface area (Å²) in [6.07, 6.45) is 0.294. The lowest BCUT2D eigenvalue weighted by atomic mass is 10.0. The molecule has 0 aliphatic rings. The molecule has 16 N–H and O–H groups in total. The van der Waals surface area contributed by atoms with Gasteiger partial charge in [-0.15, -0.1) is 0 Å². The highest BCUT2D eigenvalue weighted by Gasteiger charge is 2.32. The number of primary amides is 1. The molecule has 0 heterocycles. The number of hydrogen-bond donors (Lipinski definition) is 13. The van der Waals surface area contributed by atoms with Crippen molar-refractivity contribution < 1.29 is 58.8 Å². The number of amides is 7. The number of carbonyl (C=O) groups excluding carboxylic acids is 7. The molecular formula is C38H55N9O12. The van der Waals surface area contributed by atoms with Crippen molar-refractivity contribution in [1.29, 1.82) is 0 Å². The summed E-state index contributed by atoms with van der Waals surface area (Å²) in [6.45, 7) is -0.417. The maximum Gasteiger partial charge on any atom is 0.326 e. The van der Waals surface area contributed by atoms with E-state index in [0.29, 0.717) is 30.5 Å². The fourth-order valence-electron chi connectivity index (χ4n) is 5.50. The third kappa shape index (κ3) is 17.5. The summed E-state index contributed by atoms with van der Waals surface area (Å²) >= 11 is 0. The molecule has 0 bridgehead atoms. The van der Waals surface area contributed by atoms with Crippen LogP contribution in [0.2, 0.25) is 0 Å². The van der Waals surface area contributed by atoms with E-state index in [0.717, 1.165) is 0 Å². The second-order valence-corrected chi connectivity index (χ2v) is 13.7. The minimum atomic E-state index is -1.68. The number of carboxylic acids is 1. The molecule has 2 aromatic carbocycles. The van der Waals surface area contributed by atoms with Gasteiger partial charge in [-0.05, 0) is 68.8 Å². The number of aliphatic hydroxyl groups is 2. The van der Waals surface area contributed by atoms with Crippen LogP contribution in [0.1, 0.15) is 50.2 Å². The number of aromatic hydroxyl groups is 1. The average Bonchev–Trinajstić information content (AvgIpc) is 3.20. The first-order valence-corrected chi connectivity index (χ1v) is 18.8. The maximum atomic E-state index is 13.3. The standard InChI is InChI=1S/C38H55N9O12/c1-21(42-36(56)29(19-48)47-34(54)26(14-15-31(41)51)43-33(53)25(40)17-23-10-12-24(50)13-11-23)32(52)46-30(20-49)37(57)45-28(18-22-7-3-2-4-8-22)35(55)44-27(38(58)59)9-5-6-16-39/h2-4,7-8,10-13,21,25-30,48-50H,5-6,9,14-20,39-40H2,1H3,(H2,41,51)(H,42,56)(H,43,53)(H,44,55)(H,45,57)(H,46,52)(H,47,54)(H,58,59)/t21-,25-,26-,27-,28-,29-,30-/m0/s1. The van der Waals surface area contributed by atoms with E-state index >= 15 is 0 Å². The first-order chi connectivity index (χ1) is 28.0. The normalized spacial score (nSPS) is 14.5. The van der Waals surface area contributed by atoms with Gasteiger partial charge in [0.2, 0.25) is 41.4 Å². The quantitative estimate of drug-likeness (QED) is 0.0401. The van der Waals surface area contributed by atoms with E-state index in [4.69, 9.17) is 17.2 Å². The lowest BCUT2D eigenvalue weighted by molar-refractivity contribution is -0.142. The van der Waals surface area contributed by atoms with E-state index in [1.807, 2.05) is 0 Å². The minimum Gasteiger partial charge on any atom is -0.508 e. The highest BCUT2D eigenvalue weighted by Crippen LogP contribution is 2.12. The van der Waals surface area contributed by atoms with Gasteiger partial charge in [-0.3, -0.25) is 33.6 Å². The van der Waals surface area contributed by atoms with Crippen LogP contribution in [-0.2, 0) is 51.2 Å². The largest absolute Gasteiger partial charge is 0.508 e. The van der Waals surface area contributed by atoms with Crippen LogP contribution in [0.25, 0.3) is 0 Å². The van der Waals surface area contributed by atoms with Crippen molar-refractivity contribution in [3.05, 3.63) is 65.7 Å². The number of carboxylic acid groups (broad SMARTS) is 1. The fraction of sp³-hybridized carbons (Fsp3) is 0.474. The Balaban J connectivity index is 2.09. The summed E-state index contributed by atoms with van der Waals surface area (Å²) in [4.78, 5) is 102. The predicted molar refractivity (Wildman–Crippen MR) is 210 cm³/mol. The minimum absolute atomic E-state index is 0.000372. The van der Waals surface area contributed by atoms with Crippen LogP contribution in [-0.4, -0.2) is 130 Å². The zero-order valence-corrected chi connectivity index (χ0v) is 32.6. The molecule has 2 rings (SSSR count). The molecule has 0 saturated heterocycles. The molecule has 0 saturated carbocycles. The Morgan fingerprint density at radius 2 is 1.08 bits per heavy atom. The van der Waals surface area contributed by atoms with Gasteiger partial charge in [-0.25, -0.2) is 4.79 Å². The van der Waals surface area contributed by atoms with Crippen LogP contribution in [0.15, 0.2) is 54.6 Å². The van der Waals surface area contributed by atoms with E-state index in [-0.39, 0.29) is 37.9 Å². The Kier molecular flexibility index (Phi) is 21.0. The molecule has 0 aliphatic carbocycles. The molecule has 2 aromatic rings. The van der Waals surface area contributed by atoms with Crippen molar-refractivity contribution in [1.82, 2.24) is 31.9 Å². The molecule has 0 spiro atoms. The number of nitrogens with two attached hydrogens (primary N) is 3. The number of phenolic OH excluding ortho intramolecular Hbond substituents is 1. The van der Waals surface area contributed by atoms with Crippen LogP contribution >= 0.6 is 0 Å². The molecular weight excluding hydrogens is 774 g/mol. The number of rotatable bonds is 26. The number of phenols is 1. The topological polar surface area (TPSA) is 368 Å². The Bertz CT molecular complexity index is 1730. The Morgan fingerprint density at radius 1 is 0.593 bits per heavy atom. The summed E-state index contributed by atoms with van der Waals surface area (Å²) in [5.74, 6) is -7.81. The predicted octanol–water partition coefficient (Wildman–Crippen LogP) is -4.10. The average molecular weight is 830 g/mol. The van der Waals surface area contributed by atoms with E-state index < -0.39 is 103 Å². The summed E-state index contributed by atoms with van der Waals surface area (Å²) in [7, 11) is 0. The highest BCUT2D eigenvalue weighted by molar-refractivity contribution is 5.97. The Labute approximate surface area is 340 Å². The van der Waals surface area contributed by atoms with Crippen LogP contribution in [0.4, 0.5) is 0 Å². The van der Waals surface area contributed by atoms with Gasteiger partial charge >= 0.3 is 5.97 Å². The fourth-order valence-corrected chi connectivity index (χ4v) is 5.50. The first-order valence-electron chi connectivity index (χ1n) is 18.8. The highest BCUT2D eigenvalue weighted by atomic mass is 16.4. The van der Waals surface area contributed by atoms with Gasteiger partial charge < -0.3 is 69.5 Å². The molecule has 7 atom stereocenters. The molecule has 0 aliphatic heterocycles. The molecule has 324 valence electrons.